The molecule has 0 saturated carbocycles. The minimum Gasteiger partial charge on any atom is -0.441 e. The summed E-state index contributed by atoms with van der Waals surface area (Å²) in [6.07, 6.45) is -1.14. The quantitative estimate of drug-likeness (QED) is 0.150. The van der Waals surface area contributed by atoms with Gasteiger partial charge in [-0.1, -0.05) is 53.6 Å². The van der Waals surface area contributed by atoms with E-state index in [0.29, 0.717) is 13.0 Å². The number of aliphatic hydroxyl groups is 1. The van der Waals surface area contributed by atoms with Crippen LogP contribution >= 0.6 is 0 Å². The topological polar surface area (TPSA) is 219 Å². The van der Waals surface area contributed by atoms with Gasteiger partial charge in [-0.05, 0) is 30.6 Å². The highest BCUT2D eigenvalue weighted by molar-refractivity contribution is 7.90. The zero-order chi connectivity index (χ0) is 33.8. The molecule has 1 rings (SSSR count). The van der Waals surface area contributed by atoms with Gasteiger partial charge in [0.05, 0.1) is 17.9 Å². The highest BCUT2D eigenvalue weighted by Gasteiger charge is 2.33. The second kappa shape index (κ2) is 17.9. The first-order valence-electron chi connectivity index (χ1n) is 14.8. The van der Waals surface area contributed by atoms with E-state index in [9.17, 15) is 32.7 Å². The third kappa shape index (κ3) is 14.9. The molecule has 0 unspecified atom stereocenters. The Hall–Kier alpha value is -3.27. The van der Waals surface area contributed by atoms with Crippen LogP contribution in [0.1, 0.15) is 73.0 Å². The fourth-order valence-electron chi connectivity index (χ4n) is 4.18. The standard InChI is InChI=1S/C28H50N6O9S/c1-15(2)10-20(22(35)11-18(7)25(36)33-24(17(5)6)27(38)29-12-16(3)4)31-26(37)21(14-44(9,40)41)32-28(39)42-13-23-30-19(8)43-34-23/h15-18,20-22,24,35H,10-14H2,1-9H3,(H,29,38)(H,31,37)(H,32,39)(H,33,36)/t18-,20-,21+,22+,24-/m1/s1. The number of ether oxygens (including phenoxy) is 1. The summed E-state index contributed by atoms with van der Waals surface area (Å²) >= 11 is 0. The average molecular weight is 647 g/mol. The van der Waals surface area contributed by atoms with Gasteiger partial charge in [-0.15, -0.1) is 0 Å². The maximum Gasteiger partial charge on any atom is 0.408 e. The summed E-state index contributed by atoms with van der Waals surface area (Å²) in [6, 6.07) is -3.18. The van der Waals surface area contributed by atoms with E-state index in [1.54, 1.807) is 13.8 Å². The summed E-state index contributed by atoms with van der Waals surface area (Å²) in [5, 5.41) is 25.2. The van der Waals surface area contributed by atoms with E-state index in [-0.39, 0.29) is 48.4 Å². The highest BCUT2D eigenvalue weighted by atomic mass is 32.2. The zero-order valence-corrected chi connectivity index (χ0v) is 28.0. The summed E-state index contributed by atoms with van der Waals surface area (Å²) < 4.78 is 33.9. The molecule has 5 atom stereocenters. The van der Waals surface area contributed by atoms with Crippen molar-refractivity contribution in [2.75, 3.05) is 18.6 Å². The Labute approximate surface area is 259 Å². The van der Waals surface area contributed by atoms with Gasteiger partial charge < -0.3 is 35.6 Å². The largest absolute Gasteiger partial charge is 0.441 e. The second-order valence-electron chi connectivity index (χ2n) is 12.4. The average Bonchev–Trinajstić information content (AvgIpc) is 3.31. The van der Waals surface area contributed by atoms with Crippen LogP contribution in [0.15, 0.2) is 4.52 Å². The number of amides is 4. The van der Waals surface area contributed by atoms with E-state index in [1.165, 1.54) is 0 Å². The van der Waals surface area contributed by atoms with Crippen LogP contribution in [0, 0.1) is 30.6 Å². The van der Waals surface area contributed by atoms with Crippen molar-refractivity contribution in [2.24, 2.45) is 23.7 Å². The Balaban J connectivity index is 2.95. The lowest BCUT2D eigenvalue weighted by Crippen LogP contribution is -2.55. The summed E-state index contributed by atoms with van der Waals surface area (Å²) in [7, 11) is -3.74. The molecule has 1 aromatic heterocycles. The van der Waals surface area contributed by atoms with Gasteiger partial charge in [-0.25, -0.2) is 13.2 Å². The number of aliphatic hydroxyl groups excluding tert-OH is 1. The molecule has 4 amide bonds. The normalized spacial score (nSPS) is 15.3. The van der Waals surface area contributed by atoms with E-state index in [0.717, 1.165) is 6.26 Å². The van der Waals surface area contributed by atoms with Crippen molar-refractivity contribution in [1.29, 1.82) is 0 Å². The summed E-state index contributed by atoms with van der Waals surface area (Å²) in [6.45, 7) is 14.5. The minimum absolute atomic E-state index is 0.00115. The van der Waals surface area contributed by atoms with Crippen LogP contribution in [0.2, 0.25) is 0 Å². The van der Waals surface area contributed by atoms with Crippen molar-refractivity contribution in [3.63, 3.8) is 0 Å². The van der Waals surface area contributed by atoms with E-state index in [1.807, 2.05) is 41.5 Å². The molecule has 0 aliphatic carbocycles. The number of rotatable bonds is 18. The van der Waals surface area contributed by atoms with Crippen LogP contribution < -0.4 is 21.3 Å². The van der Waals surface area contributed by atoms with Gasteiger partial charge in [0.15, 0.2) is 6.61 Å². The van der Waals surface area contributed by atoms with Crippen LogP contribution in [-0.4, -0.2) is 90.3 Å². The summed E-state index contributed by atoms with van der Waals surface area (Å²) in [5.74, 6) is -2.66. The van der Waals surface area contributed by atoms with Gasteiger partial charge in [-0.3, -0.25) is 14.4 Å². The molecule has 0 bridgehead atoms. The number of alkyl carbamates (subject to hydrolysis) is 1. The van der Waals surface area contributed by atoms with Crippen molar-refractivity contribution in [2.45, 2.75) is 99.1 Å². The molecule has 0 aliphatic heterocycles. The molecule has 0 saturated heterocycles. The fraction of sp³-hybridized carbons (Fsp3) is 0.786. The van der Waals surface area contributed by atoms with E-state index >= 15 is 0 Å². The molecule has 1 heterocycles. The first-order valence-corrected chi connectivity index (χ1v) is 16.8. The van der Waals surface area contributed by atoms with Crippen LogP contribution in [0.3, 0.4) is 0 Å². The van der Waals surface area contributed by atoms with Crippen molar-refractivity contribution < 1.29 is 42.0 Å². The van der Waals surface area contributed by atoms with Crippen molar-refractivity contribution in [3.8, 4) is 0 Å². The van der Waals surface area contributed by atoms with E-state index < -0.39 is 63.6 Å². The van der Waals surface area contributed by atoms with E-state index in [4.69, 9.17) is 9.26 Å². The first-order chi connectivity index (χ1) is 20.3. The number of carbonyl (C=O) groups is 4. The Kier molecular flexibility index (Phi) is 15.7. The number of nitrogens with one attached hydrogen (secondary N) is 4. The van der Waals surface area contributed by atoms with Gasteiger partial charge in [-0.2, -0.15) is 4.98 Å². The number of aromatic nitrogens is 2. The van der Waals surface area contributed by atoms with Gasteiger partial charge in [0, 0.05) is 25.6 Å². The van der Waals surface area contributed by atoms with Gasteiger partial charge in [0.25, 0.3) is 0 Å². The maximum absolute atomic E-state index is 13.2. The molecule has 15 nitrogen and oxygen atoms in total. The minimum atomic E-state index is -3.74. The highest BCUT2D eigenvalue weighted by Crippen LogP contribution is 2.17. The lowest BCUT2D eigenvalue weighted by atomic mass is 9.91. The molecule has 1 aromatic rings. The van der Waals surface area contributed by atoms with Crippen LogP contribution in [0.25, 0.3) is 0 Å². The fourth-order valence-corrected chi connectivity index (χ4v) is 5.02. The molecule has 16 heteroatoms. The van der Waals surface area contributed by atoms with Gasteiger partial charge in [0.2, 0.25) is 29.4 Å². The predicted octanol–water partition coefficient (Wildman–Crippen LogP) is 0.848. The van der Waals surface area contributed by atoms with Crippen LogP contribution in [0.5, 0.6) is 0 Å². The lowest BCUT2D eigenvalue weighted by Gasteiger charge is -2.30. The molecular formula is C28H50N6O9S. The monoisotopic (exact) mass is 646 g/mol. The Morgan fingerprint density at radius 1 is 0.909 bits per heavy atom. The summed E-state index contributed by atoms with van der Waals surface area (Å²) in [4.78, 5) is 55.2. The predicted molar refractivity (Wildman–Crippen MR) is 162 cm³/mol. The molecule has 44 heavy (non-hydrogen) atoms. The molecule has 0 spiro atoms. The number of hydrogen-bond donors (Lipinski definition) is 5. The van der Waals surface area contributed by atoms with Crippen LogP contribution in [-0.2, 0) is 35.6 Å². The third-order valence-corrected chi connectivity index (χ3v) is 7.41. The molecular weight excluding hydrogens is 596 g/mol. The zero-order valence-electron chi connectivity index (χ0n) is 27.2. The van der Waals surface area contributed by atoms with Crippen molar-refractivity contribution in [1.82, 2.24) is 31.4 Å². The second-order valence-corrected chi connectivity index (χ2v) is 14.6. The smallest absolute Gasteiger partial charge is 0.408 e. The van der Waals surface area contributed by atoms with Crippen molar-refractivity contribution >= 4 is 33.7 Å². The van der Waals surface area contributed by atoms with Crippen molar-refractivity contribution in [3.05, 3.63) is 11.7 Å². The molecule has 0 fully saturated rings. The number of sulfone groups is 1. The first kappa shape index (κ1) is 38.8. The number of carbonyl (C=O) groups excluding carboxylic acids is 4. The maximum atomic E-state index is 13.2. The SMILES string of the molecule is Cc1nc(COC(=O)N[C@@H](CS(C)(=O)=O)C(=O)N[C@H](CC(C)C)[C@@H](O)C[C@@H](C)C(=O)N[C@@H](C(=O)NCC(C)C)C(C)C)no1. The third-order valence-electron chi connectivity index (χ3n) is 6.47. The number of nitrogens with zero attached hydrogens (tertiary/aromatic N) is 2. The molecule has 252 valence electrons. The Morgan fingerprint density at radius 3 is 2.05 bits per heavy atom. The van der Waals surface area contributed by atoms with E-state index in [2.05, 4.69) is 31.4 Å². The number of hydrogen-bond acceptors (Lipinski definition) is 11. The molecule has 5 N–H and O–H groups in total. The van der Waals surface area contributed by atoms with Gasteiger partial charge >= 0.3 is 6.09 Å². The Morgan fingerprint density at radius 2 is 1.55 bits per heavy atom. The van der Waals surface area contributed by atoms with Gasteiger partial charge in [0.1, 0.15) is 21.9 Å². The summed E-state index contributed by atoms with van der Waals surface area (Å²) in [5.41, 5.74) is 0. The molecule has 0 aliphatic rings. The van der Waals surface area contributed by atoms with Crippen LogP contribution in [0.4, 0.5) is 4.79 Å². The Bertz CT molecular complexity index is 1200. The number of aryl methyl sites for hydroxylation is 1. The lowest BCUT2D eigenvalue weighted by molar-refractivity contribution is -0.132. The molecule has 0 radical (unpaired) electrons. The molecule has 0 aromatic carbocycles.